The summed E-state index contributed by atoms with van der Waals surface area (Å²) < 4.78 is 0. The number of hydrogen-bond acceptors (Lipinski definition) is 2. The van der Waals surface area contributed by atoms with Crippen molar-refractivity contribution in [2.45, 2.75) is 0 Å². The zero-order valence-corrected chi connectivity index (χ0v) is 7.27. The molecule has 0 fully saturated rings. The fraction of sp³-hybridized carbons (Fsp3) is 0. The van der Waals surface area contributed by atoms with Crippen LogP contribution in [0.25, 0.3) is 5.57 Å². The first-order valence-electron chi connectivity index (χ1n) is 4.32. The van der Waals surface area contributed by atoms with Gasteiger partial charge < -0.3 is 0 Å². The van der Waals surface area contributed by atoms with E-state index in [-0.39, 0.29) is 5.91 Å². The molecule has 0 saturated carbocycles. The van der Waals surface area contributed by atoms with Gasteiger partial charge >= 0.3 is 0 Å². The Kier molecular flexibility index (Phi) is 1.31. The van der Waals surface area contributed by atoms with Crippen molar-refractivity contribution in [2.75, 3.05) is 0 Å². The first-order chi connectivity index (χ1) is 6.86. The maximum Gasteiger partial charge on any atom is 0.278 e. The second kappa shape index (κ2) is 2.48. The van der Waals surface area contributed by atoms with Crippen molar-refractivity contribution in [2.24, 2.45) is 9.98 Å². The third kappa shape index (κ3) is 0.836. The van der Waals surface area contributed by atoms with E-state index < -0.39 is 0 Å². The Morgan fingerprint density at radius 1 is 1.07 bits per heavy atom. The van der Waals surface area contributed by atoms with Gasteiger partial charge in [0.05, 0.1) is 11.9 Å². The van der Waals surface area contributed by atoms with E-state index in [0.29, 0.717) is 11.3 Å². The van der Waals surface area contributed by atoms with E-state index in [2.05, 4.69) is 9.98 Å². The van der Waals surface area contributed by atoms with E-state index in [9.17, 15) is 4.79 Å². The van der Waals surface area contributed by atoms with Crippen LogP contribution in [-0.2, 0) is 0 Å². The number of benzene rings is 1. The van der Waals surface area contributed by atoms with Gasteiger partial charge in [0.1, 0.15) is 0 Å². The predicted molar refractivity (Wildman–Crippen MR) is 54.7 cm³/mol. The highest BCUT2D eigenvalue weighted by Gasteiger charge is 2.24. The van der Waals surface area contributed by atoms with Gasteiger partial charge in [-0.15, -0.1) is 0 Å². The van der Waals surface area contributed by atoms with Crippen molar-refractivity contribution in [3.63, 3.8) is 0 Å². The number of aliphatic imine (C=N–C) groups is 2. The molecule has 2 aliphatic rings. The largest absolute Gasteiger partial charge is 0.278 e. The Morgan fingerprint density at radius 2 is 1.86 bits per heavy atom. The molecule has 1 amide bonds. The summed E-state index contributed by atoms with van der Waals surface area (Å²) in [6.07, 6.45) is 3.35. The van der Waals surface area contributed by atoms with Crippen LogP contribution in [-0.4, -0.2) is 17.8 Å². The SMILES string of the molecule is O=C1N=C2C=NC=C2c2ccccc21. The summed E-state index contributed by atoms with van der Waals surface area (Å²) in [5.74, 6) is -0.180. The second-order valence-corrected chi connectivity index (χ2v) is 3.17. The molecule has 3 rings (SSSR count). The number of amides is 1. The van der Waals surface area contributed by atoms with Crippen molar-refractivity contribution < 1.29 is 4.79 Å². The number of rotatable bonds is 0. The zero-order chi connectivity index (χ0) is 9.54. The molecule has 2 aliphatic heterocycles. The van der Waals surface area contributed by atoms with Crippen LogP contribution in [0.3, 0.4) is 0 Å². The molecule has 66 valence electrons. The maximum atomic E-state index is 11.6. The van der Waals surface area contributed by atoms with E-state index in [4.69, 9.17) is 0 Å². The fourth-order valence-corrected chi connectivity index (χ4v) is 1.69. The van der Waals surface area contributed by atoms with Crippen LogP contribution in [0, 0.1) is 0 Å². The normalized spacial score (nSPS) is 17.3. The molecule has 0 radical (unpaired) electrons. The molecule has 1 aromatic carbocycles. The molecule has 2 heterocycles. The van der Waals surface area contributed by atoms with Crippen LogP contribution in [0.1, 0.15) is 15.9 Å². The van der Waals surface area contributed by atoms with Crippen LogP contribution in [0.15, 0.2) is 40.5 Å². The lowest BCUT2D eigenvalue weighted by atomic mass is 9.95. The highest BCUT2D eigenvalue weighted by molar-refractivity contribution is 6.55. The van der Waals surface area contributed by atoms with E-state index in [1.54, 1.807) is 18.5 Å². The molecule has 0 atom stereocenters. The standard InChI is InChI=1S/C11H6N2O/c14-11-8-4-2-1-3-7(8)9-5-12-6-10(9)13-11/h1-6H. The molecule has 0 aromatic heterocycles. The van der Waals surface area contributed by atoms with Gasteiger partial charge in [0.15, 0.2) is 0 Å². The molecule has 0 aliphatic carbocycles. The van der Waals surface area contributed by atoms with Crippen LogP contribution >= 0.6 is 0 Å². The Morgan fingerprint density at radius 3 is 2.71 bits per heavy atom. The molecule has 0 saturated heterocycles. The molecule has 0 spiro atoms. The van der Waals surface area contributed by atoms with E-state index in [1.807, 2.05) is 18.2 Å². The average molecular weight is 182 g/mol. The lowest BCUT2D eigenvalue weighted by Crippen LogP contribution is -2.14. The van der Waals surface area contributed by atoms with Crippen LogP contribution < -0.4 is 0 Å². The summed E-state index contributed by atoms with van der Waals surface area (Å²) in [6.45, 7) is 0. The van der Waals surface area contributed by atoms with Gasteiger partial charge in [0.25, 0.3) is 5.91 Å². The van der Waals surface area contributed by atoms with Crippen molar-refractivity contribution in [3.8, 4) is 0 Å². The number of fused-ring (bicyclic) bond motifs is 3. The summed E-state index contributed by atoms with van der Waals surface area (Å²) in [5, 5.41) is 0. The molecule has 0 bridgehead atoms. The van der Waals surface area contributed by atoms with Gasteiger partial charge in [-0.1, -0.05) is 18.2 Å². The zero-order valence-electron chi connectivity index (χ0n) is 7.27. The third-order valence-electron chi connectivity index (χ3n) is 2.35. The number of carbonyl (C=O) groups is 1. The number of nitrogens with zero attached hydrogens (tertiary/aromatic N) is 2. The summed E-state index contributed by atoms with van der Waals surface area (Å²) in [6, 6.07) is 7.46. The van der Waals surface area contributed by atoms with E-state index in [1.165, 1.54) is 0 Å². The van der Waals surface area contributed by atoms with Crippen molar-refractivity contribution >= 4 is 23.4 Å². The van der Waals surface area contributed by atoms with Crippen LogP contribution in [0.2, 0.25) is 0 Å². The van der Waals surface area contributed by atoms with Gasteiger partial charge in [0, 0.05) is 17.3 Å². The molecule has 14 heavy (non-hydrogen) atoms. The first-order valence-corrected chi connectivity index (χ1v) is 4.32. The minimum absolute atomic E-state index is 0.180. The number of carbonyl (C=O) groups excluding carboxylic acids is 1. The molecule has 3 heteroatoms. The summed E-state index contributed by atoms with van der Waals surface area (Å²) in [5.41, 5.74) is 3.21. The molecule has 3 nitrogen and oxygen atoms in total. The van der Waals surface area contributed by atoms with E-state index >= 15 is 0 Å². The Bertz CT molecular complexity index is 524. The monoisotopic (exact) mass is 182 g/mol. The van der Waals surface area contributed by atoms with E-state index in [0.717, 1.165) is 11.1 Å². The number of hydrogen-bond donors (Lipinski definition) is 0. The van der Waals surface area contributed by atoms with Crippen molar-refractivity contribution in [1.29, 1.82) is 0 Å². The molecular formula is C11H6N2O. The lowest BCUT2D eigenvalue weighted by Gasteiger charge is -2.12. The smallest absolute Gasteiger partial charge is 0.267 e. The highest BCUT2D eigenvalue weighted by Crippen LogP contribution is 2.27. The van der Waals surface area contributed by atoms with Gasteiger partial charge in [-0.3, -0.25) is 9.79 Å². The van der Waals surface area contributed by atoms with Crippen LogP contribution in [0.5, 0.6) is 0 Å². The number of allylic oxidation sites excluding steroid dienone is 1. The summed E-state index contributed by atoms with van der Waals surface area (Å²) >= 11 is 0. The van der Waals surface area contributed by atoms with Crippen molar-refractivity contribution in [1.82, 2.24) is 0 Å². The predicted octanol–water partition coefficient (Wildman–Crippen LogP) is 1.71. The maximum absolute atomic E-state index is 11.6. The molecule has 0 unspecified atom stereocenters. The topological polar surface area (TPSA) is 41.8 Å². The van der Waals surface area contributed by atoms with Gasteiger partial charge in [-0.2, -0.15) is 0 Å². The minimum Gasteiger partial charge on any atom is -0.267 e. The van der Waals surface area contributed by atoms with Gasteiger partial charge in [0.2, 0.25) is 0 Å². The van der Waals surface area contributed by atoms with Crippen molar-refractivity contribution in [3.05, 3.63) is 41.6 Å². The highest BCUT2D eigenvalue weighted by atomic mass is 16.1. The Hall–Kier alpha value is -2.03. The summed E-state index contributed by atoms with van der Waals surface area (Å²) in [4.78, 5) is 19.5. The average Bonchev–Trinajstić information content (AvgIpc) is 2.66. The molecule has 0 N–H and O–H groups in total. The third-order valence-corrected chi connectivity index (χ3v) is 2.35. The second-order valence-electron chi connectivity index (χ2n) is 3.17. The summed E-state index contributed by atoms with van der Waals surface area (Å²) in [7, 11) is 0. The first kappa shape index (κ1) is 7.38. The van der Waals surface area contributed by atoms with Crippen LogP contribution in [0.4, 0.5) is 0 Å². The quantitative estimate of drug-likeness (QED) is 0.602. The minimum atomic E-state index is -0.180. The Balaban J connectivity index is 2.33. The Labute approximate surface area is 80.5 Å². The lowest BCUT2D eigenvalue weighted by molar-refractivity contribution is 0.100. The fourth-order valence-electron chi connectivity index (χ4n) is 1.69. The molecule has 1 aromatic rings. The van der Waals surface area contributed by atoms with Gasteiger partial charge in [-0.05, 0) is 11.6 Å². The molecular weight excluding hydrogens is 176 g/mol. The van der Waals surface area contributed by atoms with Gasteiger partial charge in [-0.25, -0.2) is 4.99 Å².